The Hall–Kier alpha value is -2.67. The van der Waals surface area contributed by atoms with Gasteiger partial charge in [-0.2, -0.15) is 0 Å². The molecule has 7 heteroatoms. The molecule has 160 valence electrons. The number of morpholine rings is 1. The van der Waals surface area contributed by atoms with E-state index in [1.54, 1.807) is 11.8 Å². The van der Waals surface area contributed by atoms with Gasteiger partial charge in [-0.05, 0) is 32.3 Å². The van der Waals surface area contributed by atoms with Gasteiger partial charge in [0.1, 0.15) is 5.76 Å². The maximum atomic E-state index is 12.7. The van der Waals surface area contributed by atoms with Crippen LogP contribution in [-0.4, -0.2) is 66.0 Å². The quantitative estimate of drug-likeness (QED) is 0.773. The van der Waals surface area contributed by atoms with E-state index in [9.17, 15) is 9.59 Å². The van der Waals surface area contributed by atoms with Crippen LogP contribution in [0.25, 0.3) is 0 Å². The molecular weight excluding hydrogens is 382 g/mol. The van der Waals surface area contributed by atoms with Crippen molar-refractivity contribution in [1.82, 2.24) is 14.8 Å². The minimum Gasteiger partial charge on any atom is -0.445 e. The standard InChI is InChI=1S/C23H29N3O4/c1-16-3-5-18(6-4-16)15-20(27)25-9-7-19(8-10-25)22-24-21(17(2)30-22)23(28)26-11-13-29-14-12-26/h3-6,19H,7-15H2,1-2H3. The predicted molar refractivity (Wildman–Crippen MR) is 111 cm³/mol. The van der Waals surface area contributed by atoms with Gasteiger partial charge in [0.25, 0.3) is 5.91 Å². The third-order valence-electron chi connectivity index (χ3n) is 5.99. The van der Waals surface area contributed by atoms with Gasteiger partial charge in [-0.15, -0.1) is 0 Å². The Labute approximate surface area is 177 Å². The smallest absolute Gasteiger partial charge is 0.276 e. The van der Waals surface area contributed by atoms with E-state index in [-0.39, 0.29) is 17.7 Å². The summed E-state index contributed by atoms with van der Waals surface area (Å²) in [5, 5.41) is 0. The second-order valence-corrected chi connectivity index (χ2v) is 8.18. The van der Waals surface area contributed by atoms with Crippen LogP contribution in [0, 0.1) is 13.8 Å². The first kappa shape index (κ1) is 20.6. The van der Waals surface area contributed by atoms with E-state index in [4.69, 9.17) is 9.15 Å². The molecule has 0 saturated carbocycles. The summed E-state index contributed by atoms with van der Waals surface area (Å²) in [6.45, 7) is 7.50. The topological polar surface area (TPSA) is 75.9 Å². The molecule has 2 aliphatic rings. The lowest BCUT2D eigenvalue weighted by molar-refractivity contribution is -0.131. The van der Waals surface area contributed by atoms with Crippen LogP contribution < -0.4 is 0 Å². The average molecular weight is 412 g/mol. The fraction of sp³-hybridized carbons (Fsp3) is 0.522. The van der Waals surface area contributed by atoms with Gasteiger partial charge in [-0.25, -0.2) is 4.98 Å². The first-order chi connectivity index (χ1) is 14.5. The molecule has 1 aromatic heterocycles. The summed E-state index contributed by atoms with van der Waals surface area (Å²) in [6.07, 6.45) is 2.02. The number of aryl methyl sites for hydroxylation is 2. The average Bonchev–Trinajstić information content (AvgIpc) is 3.17. The van der Waals surface area contributed by atoms with Gasteiger partial charge in [-0.3, -0.25) is 9.59 Å². The van der Waals surface area contributed by atoms with Crippen LogP contribution in [-0.2, 0) is 16.0 Å². The summed E-state index contributed by atoms with van der Waals surface area (Å²) >= 11 is 0. The summed E-state index contributed by atoms with van der Waals surface area (Å²) in [5.74, 6) is 1.40. The minimum atomic E-state index is -0.0866. The SMILES string of the molecule is Cc1ccc(CC(=O)N2CCC(c3nc(C(=O)N4CCOCC4)c(C)o3)CC2)cc1. The van der Waals surface area contributed by atoms with E-state index in [0.717, 1.165) is 18.4 Å². The van der Waals surface area contributed by atoms with Crippen LogP contribution in [0.15, 0.2) is 28.7 Å². The molecule has 0 spiro atoms. The van der Waals surface area contributed by atoms with Crippen molar-refractivity contribution >= 4 is 11.8 Å². The normalized spacial score (nSPS) is 17.9. The molecule has 4 rings (SSSR count). The van der Waals surface area contributed by atoms with Gasteiger partial charge in [0, 0.05) is 32.1 Å². The lowest BCUT2D eigenvalue weighted by atomic mass is 9.96. The molecule has 7 nitrogen and oxygen atoms in total. The van der Waals surface area contributed by atoms with Crippen molar-refractivity contribution in [2.45, 2.75) is 39.0 Å². The predicted octanol–water partition coefficient (Wildman–Crippen LogP) is 2.71. The van der Waals surface area contributed by atoms with Crippen LogP contribution in [0.1, 0.15) is 52.0 Å². The number of ether oxygens (including phenoxy) is 1. The zero-order chi connectivity index (χ0) is 21.1. The first-order valence-corrected chi connectivity index (χ1v) is 10.7. The molecule has 0 bridgehead atoms. The zero-order valence-electron chi connectivity index (χ0n) is 17.7. The molecule has 2 fully saturated rings. The summed E-state index contributed by atoms with van der Waals surface area (Å²) in [5.41, 5.74) is 2.65. The lowest BCUT2D eigenvalue weighted by Gasteiger charge is -2.30. The largest absolute Gasteiger partial charge is 0.445 e. The number of rotatable bonds is 4. The summed E-state index contributed by atoms with van der Waals surface area (Å²) in [4.78, 5) is 33.6. The fourth-order valence-corrected chi connectivity index (χ4v) is 4.07. The van der Waals surface area contributed by atoms with Crippen molar-refractivity contribution in [3.8, 4) is 0 Å². The van der Waals surface area contributed by atoms with Crippen molar-refractivity contribution in [2.75, 3.05) is 39.4 Å². The van der Waals surface area contributed by atoms with Gasteiger partial charge < -0.3 is 19.0 Å². The van der Waals surface area contributed by atoms with Crippen LogP contribution >= 0.6 is 0 Å². The van der Waals surface area contributed by atoms with E-state index in [1.165, 1.54) is 5.56 Å². The van der Waals surface area contributed by atoms with Gasteiger partial charge >= 0.3 is 0 Å². The van der Waals surface area contributed by atoms with E-state index in [1.807, 2.05) is 36.1 Å². The highest BCUT2D eigenvalue weighted by Gasteiger charge is 2.30. The Morgan fingerprint density at radius 1 is 1.00 bits per heavy atom. The van der Waals surface area contributed by atoms with Crippen molar-refractivity contribution in [1.29, 1.82) is 0 Å². The number of amides is 2. The van der Waals surface area contributed by atoms with E-state index in [2.05, 4.69) is 4.98 Å². The number of nitrogens with zero attached hydrogens (tertiary/aromatic N) is 3. The Morgan fingerprint density at radius 2 is 1.67 bits per heavy atom. The van der Waals surface area contributed by atoms with Crippen LogP contribution in [0.2, 0.25) is 0 Å². The monoisotopic (exact) mass is 411 g/mol. The minimum absolute atomic E-state index is 0.0866. The molecule has 3 heterocycles. The number of hydrogen-bond acceptors (Lipinski definition) is 5. The maximum absolute atomic E-state index is 12.7. The summed E-state index contributed by atoms with van der Waals surface area (Å²) < 4.78 is 11.2. The van der Waals surface area contributed by atoms with Crippen LogP contribution in [0.5, 0.6) is 0 Å². The number of carbonyl (C=O) groups is 2. The van der Waals surface area contributed by atoms with Crippen molar-refractivity contribution in [3.63, 3.8) is 0 Å². The number of aromatic nitrogens is 1. The Bertz CT molecular complexity index is 892. The number of oxazole rings is 1. The molecule has 0 N–H and O–H groups in total. The zero-order valence-corrected chi connectivity index (χ0v) is 17.7. The van der Waals surface area contributed by atoms with E-state index in [0.29, 0.717) is 63.2 Å². The fourth-order valence-electron chi connectivity index (χ4n) is 4.07. The van der Waals surface area contributed by atoms with Gasteiger partial charge in [0.2, 0.25) is 5.91 Å². The highest BCUT2D eigenvalue weighted by Crippen LogP contribution is 2.29. The Balaban J connectivity index is 1.34. The molecule has 2 saturated heterocycles. The third kappa shape index (κ3) is 4.56. The second kappa shape index (κ2) is 9.00. The molecule has 0 unspecified atom stereocenters. The number of hydrogen-bond donors (Lipinski definition) is 0. The second-order valence-electron chi connectivity index (χ2n) is 8.18. The van der Waals surface area contributed by atoms with Crippen molar-refractivity contribution < 1.29 is 18.7 Å². The van der Waals surface area contributed by atoms with Crippen molar-refractivity contribution in [2.24, 2.45) is 0 Å². The third-order valence-corrected chi connectivity index (χ3v) is 5.99. The molecule has 0 radical (unpaired) electrons. The number of piperidine rings is 1. The highest BCUT2D eigenvalue weighted by atomic mass is 16.5. The van der Waals surface area contributed by atoms with Crippen LogP contribution in [0.4, 0.5) is 0 Å². The molecule has 30 heavy (non-hydrogen) atoms. The Morgan fingerprint density at radius 3 is 2.33 bits per heavy atom. The number of benzene rings is 1. The molecule has 1 aromatic carbocycles. The van der Waals surface area contributed by atoms with E-state index < -0.39 is 0 Å². The lowest BCUT2D eigenvalue weighted by Crippen LogP contribution is -2.41. The number of likely N-dealkylation sites (tertiary alicyclic amines) is 1. The molecule has 2 amide bonds. The van der Waals surface area contributed by atoms with Gasteiger partial charge in [0.05, 0.1) is 19.6 Å². The molecule has 2 aliphatic heterocycles. The molecular formula is C23H29N3O4. The Kier molecular flexibility index (Phi) is 6.18. The van der Waals surface area contributed by atoms with Gasteiger partial charge in [0.15, 0.2) is 11.6 Å². The summed E-state index contributed by atoms with van der Waals surface area (Å²) in [7, 11) is 0. The van der Waals surface area contributed by atoms with Gasteiger partial charge in [-0.1, -0.05) is 29.8 Å². The van der Waals surface area contributed by atoms with Crippen LogP contribution in [0.3, 0.4) is 0 Å². The number of carbonyl (C=O) groups excluding carboxylic acids is 2. The maximum Gasteiger partial charge on any atom is 0.276 e. The van der Waals surface area contributed by atoms with Crippen molar-refractivity contribution in [3.05, 3.63) is 52.7 Å². The summed E-state index contributed by atoms with van der Waals surface area (Å²) in [6, 6.07) is 8.11. The van der Waals surface area contributed by atoms with E-state index >= 15 is 0 Å². The highest BCUT2D eigenvalue weighted by molar-refractivity contribution is 5.93. The molecule has 0 aliphatic carbocycles. The molecule has 0 atom stereocenters. The molecule has 2 aromatic rings. The first-order valence-electron chi connectivity index (χ1n) is 10.7.